The van der Waals surface area contributed by atoms with Crippen molar-refractivity contribution in [1.29, 1.82) is 0 Å². The molecule has 0 aliphatic carbocycles. The lowest BCUT2D eigenvalue weighted by atomic mass is 10.2. The van der Waals surface area contributed by atoms with Crippen molar-refractivity contribution in [1.82, 2.24) is 0 Å². The molecule has 0 radical (unpaired) electrons. The number of anilines is 1. The summed E-state index contributed by atoms with van der Waals surface area (Å²) in [5, 5.41) is 2.31. The molecule has 0 aliphatic heterocycles. The largest absolute Gasteiger partial charge is 0.497 e. The van der Waals surface area contributed by atoms with Gasteiger partial charge in [0.2, 0.25) is 5.22 Å². The molecule has 0 spiro atoms. The molecule has 1 amide bonds. The van der Waals surface area contributed by atoms with Crippen molar-refractivity contribution in [2.24, 2.45) is 0 Å². The van der Waals surface area contributed by atoms with Crippen LogP contribution in [0.5, 0.6) is 11.5 Å². The van der Waals surface area contributed by atoms with Gasteiger partial charge in [-0.3, -0.25) is 4.79 Å². The van der Waals surface area contributed by atoms with Crippen LogP contribution in [-0.2, 0) is 0 Å². The van der Waals surface area contributed by atoms with E-state index in [2.05, 4.69) is 10.1 Å². The van der Waals surface area contributed by atoms with Crippen molar-refractivity contribution in [2.75, 3.05) is 12.4 Å². The Morgan fingerprint density at radius 1 is 1.38 bits per heavy atom. The molecule has 21 heavy (non-hydrogen) atoms. The van der Waals surface area contributed by atoms with Gasteiger partial charge < -0.3 is 19.2 Å². The molecule has 0 bridgehead atoms. The number of furan rings is 1. The van der Waals surface area contributed by atoms with Gasteiger partial charge in [-0.15, -0.1) is 0 Å². The van der Waals surface area contributed by atoms with Crippen LogP contribution in [0.15, 0.2) is 34.9 Å². The van der Waals surface area contributed by atoms with E-state index >= 15 is 0 Å². The third-order valence-corrected chi connectivity index (χ3v) is 2.81. The molecule has 0 unspecified atom stereocenters. The van der Waals surface area contributed by atoms with Crippen LogP contribution >= 0.6 is 11.6 Å². The van der Waals surface area contributed by atoms with Gasteiger partial charge in [-0.25, -0.2) is 0 Å². The van der Waals surface area contributed by atoms with E-state index in [4.69, 9.17) is 20.8 Å². The lowest BCUT2D eigenvalue weighted by molar-refractivity contribution is -0.0494. The Morgan fingerprint density at radius 3 is 2.71 bits per heavy atom. The highest BCUT2D eigenvalue weighted by molar-refractivity contribution is 6.32. The first-order valence-corrected chi connectivity index (χ1v) is 6.06. The molecule has 0 aliphatic rings. The maximum absolute atomic E-state index is 12.4. The van der Waals surface area contributed by atoms with E-state index in [0.717, 1.165) is 0 Å². The lowest BCUT2D eigenvalue weighted by Gasteiger charge is -2.13. The average Bonchev–Trinajstić information content (AvgIpc) is 2.86. The molecule has 2 aromatic rings. The van der Waals surface area contributed by atoms with Crippen molar-refractivity contribution in [2.45, 2.75) is 6.61 Å². The Hall–Kier alpha value is -2.28. The Morgan fingerprint density at radius 2 is 2.14 bits per heavy atom. The minimum absolute atomic E-state index is 0.0249. The SMILES string of the molecule is COc1ccc(OC(F)F)c(NC(=O)c2ccoc2Cl)c1. The summed E-state index contributed by atoms with van der Waals surface area (Å²) in [7, 11) is 1.40. The Kier molecular flexibility index (Phi) is 4.64. The summed E-state index contributed by atoms with van der Waals surface area (Å²) in [5.74, 6) is -0.454. The van der Waals surface area contributed by atoms with Crippen molar-refractivity contribution in [3.05, 3.63) is 41.3 Å². The highest BCUT2D eigenvalue weighted by Gasteiger charge is 2.17. The van der Waals surface area contributed by atoms with E-state index in [9.17, 15) is 13.6 Å². The summed E-state index contributed by atoms with van der Waals surface area (Å²) in [6.07, 6.45) is 1.24. The number of hydrogen-bond donors (Lipinski definition) is 1. The first kappa shape index (κ1) is 15.1. The van der Waals surface area contributed by atoms with Gasteiger partial charge in [-0.05, 0) is 29.8 Å². The number of carbonyl (C=O) groups is 1. The maximum Gasteiger partial charge on any atom is 0.387 e. The number of rotatable bonds is 5. The topological polar surface area (TPSA) is 60.7 Å². The number of benzene rings is 1. The van der Waals surface area contributed by atoms with Crippen molar-refractivity contribution in [3.8, 4) is 11.5 Å². The van der Waals surface area contributed by atoms with Crippen LogP contribution < -0.4 is 14.8 Å². The smallest absolute Gasteiger partial charge is 0.387 e. The highest BCUT2D eigenvalue weighted by Crippen LogP contribution is 2.31. The first-order chi connectivity index (χ1) is 10.0. The molecule has 1 N–H and O–H groups in total. The molecule has 0 saturated carbocycles. The third kappa shape index (κ3) is 3.63. The average molecular weight is 318 g/mol. The second kappa shape index (κ2) is 6.45. The van der Waals surface area contributed by atoms with Gasteiger partial charge in [0.1, 0.15) is 11.5 Å². The first-order valence-electron chi connectivity index (χ1n) is 5.68. The van der Waals surface area contributed by atoms with Gasteiger partial charge in [-0.1, -0.05) is 0 Å². The lowest BCUT2D eigenvalue weighted by Crippen LogP contribution is -2.13. The van der Waals surface area contributed by atoms with Crippen molar-refractivity contribution in [3.63, 3.8) is 0 Å². The zero-order chi connectivity index (χ0) is 15.4. The third-order valence-electron chi connectivity index (χ3n) is 2.51. The van der Waals surface area contributed by atoms with Crippen LogP contribution in [0.4, 0.5) is 14.5 Å². The predicted octanol–water partition coefficient (Wildman–Crippen LogP) is 3.80. The van der Waals surface area contributed by atoms with E-state index in [1.807, 2.05) is 0 Å². The molecule has 0 saturated heterocycles. The van der Waals surface area contributed by atoms with Gasteiger partial charge in [0.05, 0.1) is 24.6 Å². The van der Waals surface area contributed by atoms with Gasteiger partial charge in [0.15, 0.2) is 0 Å². The zero-order valence-corrected chi connectivity index (χ0v) is 11.5. The number of halogens is 3. The second-order valence-corrected chi connectivity index (χ2v) is 4.15. The fourth-order valence-electron chi connectivity index (χ4n) is 1.58. The Bertz CT molecular complexity index is 645. The maximum atomic E-state index is 12.4. The Balaban J connectivity index is 2.28. The van der Waals surface area contributed by atoms with Gasteiger partial charge >= 0.3 is 6.61 Å². The number of amides is 1. The number of ether oxygens (including phenoxy) is 2. The molecule has 1 heterocycles. The van der Waals surface area contributed by atoms with E-state index in [1.165, 1.54) is 37.6 Å². The molecule has 5 nitrogen and oxygen atoms in total. The standard InChI is InChI=1S/C13H10ClF2NO4/c1-19-7-2-3-10(21-13(15)16)9(6-7)17-12(18)8-4-5-20-11(8)14/h2-6,13H,1H3,(H,17,18). The van der Waals surface area contributed by atoms with Crippen LogP contribution in [-0.4, -0.2) is 19.6 Å². The summed E-state index contributed by atoms with van der Waals surface area (Å²) in [6.45, 7) is -3.02. The molecule has 8 heteroatoms. The summed E-state index contributed by atoms with van der Waals surface area (Å²) < 4.78 is 38.8. The van der Waals surface area contributed by atoms with Gasteiger partial charge in [-0.2, -0.15) is 8.78 Å². The molecule has 1 aromatic heterocycles. The van der Waals surface area contributed by atoms with Gasteiger partial charge in [0, 0.05) is 6.07 Å². The van der Waals surface area contributed by atoms with Crippen LogP contribution in [0.25, 0.3) is 0 Å². The number of hydrogen-bond acceptors (Lipinski definition) is 4. The van der Waals surface area contributed by atoms with E-state index < -0.39 is 12.5 Å². The number of carbonyl (C=O) groups excluding carboxylic acids is 1. The van der Waals surface area contributed by atoms with E-state index in [-0.39, 0.29) is 22.2 Å². The summed E-state index contributed by atoms with van der Waals surface area (Å²) >= 11 is 5.68. The number of nitrogens with one attached hydrogen (secondary N) is 1. The van der Waals surface area contributed by atoms with Crippen LogP contribution in [0.2, 0.25) is 5.22 Å². The summed E-state index contributed by atoms with van der Waals surface area (Å²) in [5.41, 5.74) is 0.0967. The van der Waals surface area contributed by atoms with Crippen LogP contribution in [0.3, 0.4) is 0 Å². The molecular weight excluding hydrogens is 308 g/mol. The normalized spacial score (nSPS) is 10.5. The zero-order valence-electron chi connectivity index (χ0n) is 10.7. The molecule has 2 rings (SSSR count). The number of methoxy groups -OCH3 is 1. The monoisotopic (exact) mass is 317 g/mol. The van der Waals surface area contributed by atoms with Crippen LogP contribution in [0.1, 0.15) is 10.4 Å². The van der Waals surface area contributed by atoms with Crippen molar-refractivity contribution < 1.29 is 27.5 Å². The van der Waals surface area contributed by atoms with E-state index in [0.29, 0.717) is 5.75 Å². The number of alkyl halides is 2. The minimum Gasteiger partial charge on any atom is -0.497 e. The Labute approximate surface area is 123 Å². The van der Waals surface area contributed by atoms with Gasteiger partial charge in [0.25, 0.3) is 5.91 Å². The highest BCUT2D eigenvalue weighted by atomic mass is 35.5. The molecule has 0 atom stereocenters. The molecular formula is C13H10ClF2NO4. The van der Waals surface area contributed by atoms with Crippen molar-refractivity contribution >= 4 is 23.2 Å². The predicted molar refractivity (Wildman–Crippen MR) is 71.3 cm³/mol. The molecule has 1 aromatic carbocycles. The van der Waals surface area contributed by atoms with Crippen LogP contribution in [0, 0.1) is 0 Å². The summed E-state index contributed by atoms with van der Waals surface area (Å²) in [6, 6.07) is 5.39. The summed E-state index contributed by atoms with van der Waals surface area (Å²) in [4.78, 5) is 12.0. The molecule has 112 valence electrons. The quantitative estimate of drug-likeness (QED) is 0.911. The fraction of sp³-hybridized carbons (Fsp3) is 0.154. The van der Waals surface area contributed by atoms with E-state index in [1.54, 1.807) is 0 Å². The fourth-order valence-corrected chi connectivity index (χ4v) is 1.78. The molecule has 0 fully saturated rings. The second-order valence-electron chi connectivity index (χ2n) is 3.80. The minimum atomic E-state index is -3.02.